The number of carbonyl (C=O) groups excluding carboxylic acids is 1. The maximum Gasteiger partial charge on any atom is 0.254 e. The molecule has 2 aromatic carbocycles. The van der Waals surface area contributed by atoms with Gasteiger partial charge in [-0.3, -0.25) is 4.79 Å². The van der Waals surface area contributed by atoms with Crippen LogP contribution in [0.1, 0.15) is 33.9 Å². The van der Waals surface area contributed by atoms with E-state index in [-0.39, 0.29) is 18.5 Å². The molecule has 4 nitrogen and oxygen atoms in total. The van der Waals surface area contributed by atoms with Crippen molar-refractivity contribution >= 4 is 5.91 Å². The molecule has 6 heteroatoms. The van der Waals surface area contributed by atoms with Gasteiger partial charge >= 0.3 is 0 Å². The molecule has 0 aliphatic carbocycles. The van der Waals surface area contributed by atoms with Gasteiger partial charge in [0.1, 0.15) is 11.6 Å². The van der Waals surface area contributed by atoms with Crippen molar-refractivity contribution in [2.75, 3.05) is 6.54 Å². The lowest BCUT2D eigenvalue weighted by molar-refractivity contribution is 0.0713. The van der Waals surface area contributed by atoms with Crippen molar-refractivity contribution in [2.24, 2.45) is 0 Å². The summed E-state index contributed by atoms with van der Waals surface area (Å²) >= 11 is 0. The Morgan fingerprint density at radius 3 is 2.58 bits per heavy atom. The number of nitrogens with zero attached hydrogens (tertiary/aromatic N) is 2. The highest BCUT2D eigenvalue weighted by Crippen LogP contribution is 2.35. The fraction of sp³-hybridized carbons (Fsp3) is 0.222. The third-order valence-corrected chi connectivity index (χ3v) is 4.12. The van der Waals surface area contributed by atoms with Crippen LogP contribution in [0.2, 0.25) is 0 Å². The Morgan fingerprint density at radius 1 is 1.21 bits per heavy atom. The number of aliphatic hydroxyl groups excluding tert-OH is 1. The van der Waals surface area contributed by atoms with Gasteiger partial charge in [0.05, 0.1) is 23.8 Å². The average molecular weight is 328 g/mol. The molecule has 1 N–H and O–H groups in total. The molecule has 3 rings (SSSR count). The smallest absolute Gasteiger partial charge is 0.254 e. The number of likely N-dealkylation sites (tertiary alicyclic amines) is 1. The number of hydrogen-bond donors (Lipinski definition) is 1. The lowest BCUT2D eigenvalue weighted by atomic mass is 10.0. The van der Waals surface area contributed by atoms with Gasteiger partial charge in [0.25, 0.3) is 5.91 Å². The molecule has 2 atom stereocenters. The van der Waals surface area contributed by atoms with Gasteiger partial charge in [-0.1, -0.05) is 0 Å². The fourth-order valence-corrected chi connectivity index (χ4v) is 2.96. The Hall–Kier alpha value is -2.78. The molecule has 0 bridgehead atoms. The molecule has 0 saturated carbocycles. The zero-order valence-corrected chi connectivity index (χ0v) is 12.6. The van der Waals surface area contributed by atoms with E-state index in [4.69, 9.17) is 5.26 Å². The summed E-state index contributed by atoms with van der Waals surface area (Å²) in [4.78, 5) is 14.0. The SMILES string of the molecule is N#Cc1ccc(C(=O)N2C[C@@H](O)C[C@@H]2c2cc(F)ccc2F)cc1. The number of nitriles is 1. The Morgan fingerprint density at radius 2 is 1.92 bits per heavy atom. The summed E-state index contributed by atoms with van der Waals surface area (Å²) in [5.74, 6) is -1.61. The first kappa shape index (κ1) is 16.1. The second-order valence-corrected chi connectivity index (χ2v) is 5.72. The topological polar surface area (TPSA) is 64.3 Å². The van der Waals surface area contributed by atoms with Gasteiger partial charge in [0.2, 0.25) is 0 Å². The molecule has 1 saturated heterocycles. The van der Waals surface area contributed by atoms with Crippen molar-refractivity contribution in [3.63, 3.8) is 0 Å². The van der Waals surface area contributed by atoms with Crippen LogP contribution in [0.15, 0.2) is 42.5 Å². The molecule has 1 aliphatic rings. The minimum absolute atomic E-state index is 0.0411. The van der Waals surface area contributed by atoms with Crippen molar-refractivity contribution in [1.82, 2.24) is 4.90 Å². The third kappa shape index (κ3) is 2.99. The first-order chi connectivity index (χ1) is 11.5. The van der Waals surface area contributed by atoms with Gasteiger partial charge in [-0.15, -0.1) is 0 Å². The van der Waals surface area contributed by atoms with E-state index in [1.807, 2.05) is 6.07 Å². The summed E-state index contributed by atoms with van der Waals surface area (Å²) < 4.78 is 27.5. The number of halogens is 2. The lowest BCUT2D eigenvalue weighted by Gasteiger charge is -2.25. The van der Waals surface area contributed by atoms with Crippen LogP contribution in [0, 0.1) is 23.0 Å². The van der Waals surface area contributed by atoms with Crippen LogP contribution in [0.3, 0.4) is 0 Å². The number of carbonyl (C=O) groups is 1. The van der Waals surface area contributed by atoms with Crippen LogP contribution in [0.25, 0.3) is 0 Å². The maximum atomic E-state index is 14.1. The van der Waals surface area contributed by atoms with Gasteiger partial charge in [-0.05, 0) is 48.9 Å². The molecule has 2 aromatic rings. The minimum Gasteiger partial charge on any atom is -0.391 e. The van der Waals surface area contributed by atoms with Gasteiger partial charge in [-0.2, -0.15) is 5.26 Å². The van der Waals surface area contributed by atoms with E-state index in [1.54, 1.807) is 0 Å². The molecule has 0 radical (unpaired) electrons. The highest BCUT2D eigenvalue weighted by atomic mass is 19.1. The van der Waals surface area contributed by atoms with Crippen LogP contribution in [-0.4, -0.2) is 28.6 Å². The van der Waals surface area contributed by atoms with Crippen LogP contribution in [0.5, 0.6) is 0 Å². The summed E-state index contributed by atoms with van der Waals surface area (Å²) in [5.41, 5.74) is 0.791. The molecule has 24 heavy (non-hydrogen) atoms. The van der Waals surface area contributed by atoms with Crippen LogP contribution in [-0.2, 0) is 0 Å². The fourth-order valence-electron chi connectivity index (χ4n) is 2.96. The highest BCUT2D eigenvalue weighted by molar-refractivity contribution is 5.94. The monoisotopic (exact) mass is 328 g/mol. The van der Waals surface area contributed by atoms with Crippen LogP contribution in [0.4, 0.5) is 8.78 Å². The molecule has 0 spiro atoms. The second kappa shape index (κ2) is 6.38. The van der Waals surface area contributed by atoms with E-state index in [0.29, 0.717) is 11.1 Å². The minimum atomic E-state index is -0.806. The van der Waals surface area contributed by atoms with Gasteiger partial charge < -0.3 is 10.0 Å². The normalized spacial score (nSPS) is 20.0. The largest absolute Gasteiger partial charge is 0.391 e. The summed E-state index contributed by atoms with van der Waals surface area (Å²) in [7, 11) is 0. The number of rotatable bonds is 2. The zero-order chi connectivity index (χ0) is 17.3. The van der Waals surface area contributed by atoms with E-state index < -0.39 is 29.7 Å². The molecule has 0 unspecified atom stereocenters. The summed E-state index contributed by atoms with van der Waals surface area (Å²) in [5, 5.41) is 18.7. The number of benzene rings is 2. The molecular formula is C18H14F2N2O2. The quantitative estimate of drug-likeness (QED) is 0.922. The van der Waals surface area contributed by atoms with E-state index in [9.17, 15) is 18.7 Å². The van der Waals surface area contributed by atoms with Gasteiger partial charge in [-0.25, -0.2) is 8.78 Å². The van der Waals surface area contributed by atoms with Crippen molar-refractivity contribution in [3.05, 3.63) is 70.8 Å². The summed E-state index contributed by atoms with van der Waals surface area (Å²) in [6.45, 7) is 0.0411. The molecule has 1 amide bonds. The third-order valence-electron chi connectivity index (χ3n) is 4.12. The van der Waals surface area contributed by atoms with E-state index in [2.05, 4.69) is 0 Å². The van der Waals surface area contributed by atoms with Gasteiger partial charge in [0.15, 0.2) is 0 Å². The number of β-amino-alcohol motifs (C(OH)–C–C–N with tert-alkyl or cyclic N) is 1. The summed E-state index contributed by atoms with van der Waals surface area (Å²) in [6.07, 6.45) is -0.664. The average Bonchev–Trinajstić information content (AvgIpc) is 2.98. The first-order valence-electron chi connectivity index (χ1n) is 7.43. The Bertz CT molecular complexity index is 815. The van der Waals surface area contributed by atoms with Crippen molar-refractivity contribution in [3.8, 4) is 6.07 Å². The summed E-state index contributed by atoms with van der Waals surface area (Å²) in [6, 6.07) is 10.3. The maximum absolute atomic E-state index is 14.1. The molecular weight excluding hydrogens is 314 g/mol. The standard InChI is InChI=1S/C18H14F2N2O2/c19-13-5-6-16(20)15(7-13)17-8-14(23)10-22(17)18(24)12-3-1-11(9-21)2-4-12/h1-7,14,17,23H,8,10H2/t14-,17+/m0/s1. The van der Waals surface area contributed by atoms with E-state index in [1.165, 1.54) is 29.2 Å². The van der Waals surface area contributed by atoms with Gasteiger partial charge in [0, 0.05) is 17.7 Å². The number of aliphatic hydroxyl groups is 1. The van der Waals surface area contributed by atoms with Crippen molar-refractivity contribution in [1.29, 1.82) is 5.26 Å². The highest BCUT2D eigenvalue weighted by Gasteiger charge is 2.37. The Labute approximate surface area is 137 Å². The number of amides is 1. The van der Waals surface area contributed by atoms with Crippen LogP contribution < -0.4 is 0 Å². The van der Waals surface area contributed by atoms with Crippen molar-refractivity contribution in [2.45, 2.75) is 18.6 Å². The van der Waals surface area contributed by atoms with E-state index in [0.717, 1.165) is 18.2 Å². The predicted molar refractivity (Wildman–Crippen MR) is 81.9 cm³/mol. The van der Waals surface area contributed by atoms with Crippen molar-refractivity contribution < 1.29 is 18.7 Å². The number of hydrogen-bond acceptors (Lipinski definition) is 3. The Kier molecular flexibility index (Phi) is 4.28. The Balaban J connectivity index is 1.94. The second-order valence-electron chi connectivity index (χ2n) is 5.72. The van der Waals surface area contributed by atoms with Crippen LogP contribution >= 0.6 is 0 Å². The molecule has 1 aliphatic heterocycles. The molecule has 122 valence electrons. The molecule has 1 fully saturated rings. The predicted octanol–water partition coefficient (Wildman–Crippen LogP) is 2.78. The molecule has 1 heterocycles. The van der Waals surface area contributed by atoms with E-state index >= 15 is 0 Å². The zero-order valence-electron chi connectivity index (χ0n) is 12.6. The molecule has 0 aromatic heterocycles. The lowest BCUT2D eigenvalue weighted by Crippen LogP contribution is -2.32. The first-order valence-corrected chi connectivity index (χ1v) is 7.43.